The number of benzene rings is 8. The quantitative estimate of drug-likeness (QED) is 0.206. The normalized spacial score (nSPS) is 12.6. The Balaban J connectivity index is 1.37. The van der Waals surface area contributed by atoms with Gasteiger partial charge in [-0.15, -0.1) is 0 Å². The Kier molecular flexibility index (Phi) is 5.22. The summed E-state index contributed by atoms with van der Waals surface area (Å²) in [5.74, 6) is 0. The maximum atomic E-state index is 9.61. The summed E-state index contributed by atoms with van der Waals surface area (Å²) in [6.45, 7) is 0. The van der Waals surface area contributed by atoms with Gasteiger partial charge in [0.25, 0.3) is 0 Å². The van der Waals surface area contributed by atoms with Crippen LogP contribution >= 0.6 is 0 Å². The first-order valence-electron chi connectivity index (χ1n) is 16.5. The fourth-order valence-corrected chi connectivity index (χ4v) is 5.99. The fraction of sp³-hybridized carbons (Fsp3) is 0. The van der Waals surface area contributed by atoms with Gasteiger partial charge in [-0.05, 0) is 85.5 Å². The highest BCUT2D eigenvalue weighted by Crippen LogP contribution is 2.41. The standard InChI is InChI=1S/C42H29N/c1-2-13-34-28-36(23-22-30(34)10-1)35-16-7-17-38(29-35)43(42-21-9-15-32-12-4-6-19-41(32)42)37-26-24-33(25-27-37)40-20-8-14-31-11-3-5-18-39(31)40/h1-29H/i7D,16D,17D,29D. The molecular weight excluding hydrogens is 518 g/mol. The molecule has 1 heteroatoms. The van der Waals surface area contributed by atoms with Crippen molar-refractivity contribution in [2.75, 3.05) is 4.90 Å². The summed E-state index contributed by atoms with van der Waals surface area (Å²) in [5.41, 5.74) is 5.02. The Labute approximate surface area is 257 Å². The largest absolute Gasteiger partial charge is 0.310 e. The van der Waals surface area contributed by atoms with Gasteiger partial charge in [-0.2, -0.15) is 0 Å². The Morgan fingerprint density at radius 1 is 0.419 bits per heavy atom. The second-order valence-electron chi connectivity index (χ2n) is 10.7. The lowest BCUT2D eigenvalue weighted by atomic mass is 9.97. The minimum absolute atomic E-state index is 0.0392. The van der Waals surface area contributed by atoms with Crippen molar-refractivity contribution >= 4 is 49.4 Å². The molecule has 43 heavy (non-hydrogen) atoms. The molecule has 0 N–H and O–H groups in total. The molecule has 0 aromatic heterocycles. The zero-order valence-electron chi connectivity index (χ0n) is 27.4. The van der Waals surface area contributed by atoms with Crippen LogP contribution in [0, 0.1) is 0 Å². The molecule has 8 aromatic rings. The molecule has 0 radical (unpaired) electrons. The topological polar surface area (TPSA) is 3.24 Å². The van der Waals surface area contributed by atoms with Gasteiger partial charge >= 0.3 is 0 Å². The summed E-state index contributed by atoms with van der Waals surface area (Å²) in [6.07, 6.45) is 0. The molecule has 8 rings (SSSR count). The van der Waals surface area contributed by atoms with Crippen molar-refractivity contribution in [3.05, 3.63) is 176 Å². The molecule has 202 valence electrons. The van der Waals surface area contributed by atoms with Gasteiger partial charge < -0.3 is 4.90 Å². The van der Waals surface area contributed by atoms with Gasteiger partial charge in [0.2, 0.25) is 0 Å². The number of hydrogen-bond acceptors (Lipinski definition) is 1. The van der Waals surface area contributed by atoms with Crippen molar-refractivity contribution in [1.82, 2.24) is 0 Å². The van der Waals surface area contributed by atoms with Crippen LogP contribution in [0.3, 0.4) is 0 Å². The molecule has 0 spiro atoms. The SMILES string of the molecule is [2H]c1c([2H])c(-c2ccc3ccccc3c2)c([2H])c(N(c2ccc(-c3cccc4ccccc34)cc2)c2cccc3ccccc23)c1[2H]. The van der Waals surface area contributed by atoms with Crippen LogP contribution in [0.25, 0.3) is 54.6 Å². The summed E-state index contributed by atoms with van der Waals surface area (Å²) in [7, 11) is 0. The van der Waals surface area contributed by atoms with Gasteiger partial charge in [-0.3, -0.25) is 0 Å². The molecule has 0 heterocycles. The van der Waals surface area contributed by atoms with Crippen LogP contribution in [-0.2, 0) is 0 Å². The summed E-state index contributed by atoms with van der Waals surface area (Å²) in [4.78, 5) is 1.92. The van der Waals surface area contributed by atoms with Crippen molar-refractivity contribution < 1.29 is 5.48 Å². The van der Waals surface area contributed by atoms with Gasteiger partial charge in [0, 0.05) is 16.8 Å². The molecule has 8 aromatic carbocycles. The lowest BCUT2D eigenvalue weighted by Gasteiger charge is -2.27. The number of anilines is 3. The van der Waals surface area contributed by atoms with E-state index in [1.54, 1.807) is 0 Å². The molecule has 0 unspecified atom stereocenters. The maximum absolute atomic E-state index is 9.61. The van der Waals surface area contributed by atoms with Crippen LogP contribution in [0.5, 0.6) is 0 Å². The van der Waals surface area contributed by atoms with Crippen LogP contribution < -0.4 is 4.90 Å². The predicted octanol–water partition coefficient (Wildman–Crippen LogP) is 11.9. The van der Waals surface area contributed by atoms with Crippen LogP contribution in [0.4, 0.5) is 17.1 Å². The van der Waals surface area contributed by atoms with Crippen LogP contribution in [0.2, 0.25) is 0 Å². The molecule has 0 saturated heterocycles. The Hall–Kier alpha value is -5.66. The third-order valence-corrected chi connectivity index (χ3v) is 8.11. The lowest BCUT2D eigenvalue weighted by molar-refractivity contribution is 1.30. The second-order valence-corrected chi connectivity index (χ2v) is 10.7. The van der Waals surface area contributed by atoms with E-state index in [1.165, 1.54) is 10.8 Å². The van der Waals surface area contributed by atoms with E-state index >= 15 is 0 Å². The number of nitrogens with zero attached hydrogens (tertiary/aromatic N) is 1. The third-order valence-electron chi connectivity index (χ3n) is 8.11. The van der Waals surface area contributed by atoms with E-state index in [2.05, 4.69) is 48.5 Å². The average Bonchev–Trinajstić information content (AvgIpc) is 3.12. The smallest absolute Gasteiger partial charge is 0.0651 e. The Morgan fingerprint density at radius 3 is 1.86 bits per heavy atom. The fourth-order valence-electron chi connectivity index (χ4n) is 5.99. The maximum Gasteiger partial charge on any atom is 0.0651 e. The van der Waals surface area contributed by atoms with Crippen molar-refractivity contribution in [2.45, 2.75) is 0 Å². The van der Waals surface area contributed by atoms with Crippen molar-refractivity contribution in [3.8, 4) is 22.3 Å². The first kappa shape index (κ1) is 21.1. The molecule has 0 aliphatic heterocycles. The average molecular weight is 552 g/mol. The zero-order valence-corrected chi connectivity index (χ0v) is 23.4. The summed E-state index contributed by atoms with van der Waals surface area (Å²) in [5, 5.41) is 6.37. The van der Waals surface area contributed by atoms with Crippen molar-refractivity contribution in [3.63, 3.8) is 0 Å². The van der Waals surface area contributed by atoms with Crippen molar-refractivity contribution in [1.29, 1.82) is 0 Å². The van der Waals surface area contributed by atoms with Crippen LogP contribution in [-0.4, -0.2) is 0 Å². The first-order chi connectivity index (χ1) is 23.0. The van der Waals surface area contributed by atoms with Gasteiger partial charge in [0.05, 0.1) is 11.2 Å². The van der Waals surface area contributed by atoms with Crippen LogP contribution in [0.1, 0.15) is 5.48 Å². The summed E-state index contributed by atoms with van der Waals surface area (Å²) in [6, 6.07) is 50.3. The summed E-state index contributed by atoms with van der Waals surface area (Å²) >= 11 is 0. The monoisotopic (exact) mass is 551 g/mol. The van der Waals surface area contributed by atoms with E-state index in [1.807, 2.05) is 108 Å². The molecular formula is C42H29N. The summed E-state index contributed by atoms with van der Waals surface area (Å²) < 4.78 is 36.7. The highest BCUT2D eigenvalue weighted by Gasteiger charge is 2.16. The third kappa shape index (κ3) is 4.62. The Morgan fingerprint density at radius 2 is 1.05 bits per heavy atom. The zero-order chi connectivity index (χ0) is 32.1. The van der Waals surface area contributed by atoms with E-state index < -0.39 is 0 Å². The van der Waals surface area contributed by atoms with E-state index in [4.69, 9.17) is 2.74 Å². The number of fused-ring (bicyclic) bond motifs is 3. The lowest BCUT2D eigenvalue weighted by Crippen LogP contribution is -2.10. The minimum atomic E-state index is -0.211. The van der Waals surface area contributed by atoms with Gasteiger partial charge in [0.15, 0.2) is 0 Å². The molecule has 0 amide bonds. The molecule has 0 aliphatic carbocycles. The Bertz CT molecular complexity index is 2460. The molecule has 0 fully saturated rings. The van der Waals surface area contributed by atoms with Gasteiger partial charge in [0.1, 0.15) is 0 Å². The van der Waals surface area contributed by atoms with E-state index in [9.17, 15) is 2.74 Å². The molecule has 0 bridgehead atoms. The van der Waals surface area contributed by atoms with Gasteiger partial charge in [-0.25, -0.2) is 0 Å². The highest BCUT2D eigenvalue weighted by molar-refractivity contribution is 6.00. The second kappa shape index (κ2) is 10.6. The highest BCUT2D eigenvalue weighted by atomic mass is 15.1. The first-order valence-corrected chi connectivity index (χ1v) is 14.5. The number of hydrogen-bond donors (Lipinski definition) is 0. The van der Waals surface area contributed by atoms with E-state index in [-0.39, 0.29) is 29.9 Å². The molecule has 0 aliphatic rings. The predicted molar refractivity (Wildman–Crippen MR) is 185 cm³/mol. The van der Waals surface area contributed by atoms with Crippen molar-refractivity contribution in [2.24, 2.45) is 0 Å². The number of rotatable bonds is 5. The molecule has 0 atom stereocenters. The van der Waals surface area contributed by atoms with Gasteiger partial charge in [-0.1, -0.05) is 139 Å². The van der Waals surface area contributed by atoms with Crippen LogP contribution in [0.15, 0.2) is 176 Å². The molecule has 1 nitrogen and oxygen atoms in total. The van der Waals surface area contributed by atoms with E-state index in [0.717, 1.165) is 44.0 Å². The molecule has 0 saturated carbocycles. The van der Waals surface area contributed by atoms with E-state index in [0.29, 0.717) is 11.1 Å². The minimum Gasteiger partial charge on any atom is -0.310 e.